The highest BCUT2D eigenvalue weighted by Crippen LogP contribution is 2.26. The Balaban J connectivity index is 1.56. The molecule has 4 aromatic rings. The molecule has 0 bridgehead atoms. The summed E-state index contributed by atoms with van der Waals surface area (Å²) >= 11 is 0. The Hall–Kier alpha value is -4.06. The number of hydrogen-bond acceptors (Lipinski definition) is 6. The van der Waals surface area contributed by atoms with Gasteiger partial charge in [-0.15, -0.1) is 0 Å². The summed E-state index contributed by atoms with van der Waals surface area (Å²) < 4.78 is 10.3. The highest BCUT2D eigenvalue weighted by atomic mass is 16.6. The Kier molecular flexibility index (Phi) is 8.20. The van der Waals surface area contributed by atoms with Gasteiger partial charge in [0.2, 0.25) is 0 Å². The zero-order chi connectivity index (χ0) is 27.3. The normalized spacial score (nSPS) is 11.4. The molecule has 3 aromatic carbocycles. The van der Waals surface area contributed by atoms with Gasteiger partial charge in [0.1, 0.15) is 5.60 Å². The van der Waals surface area contributed by atoms with E-state index in [0.717, 1.165) is 46.4 Å². The fraction of sp³-hybridized carbons (Fsp3) is 0.312. The van der Waals surface area contributed by atoms with Gasteiger partial charge in [0, 0.05) is 5.56 Å². The summed E-state index contributed by atoms with van der Waals surface area (Å²) in [5, 5.41) is 0. The lowest BCUT2D eigenvalue weighted by Crippen LogP contribution is -2.24. The van der Waals surface area contributed by atoms with Crippen LogP contribution in [0.4, 0.5) is 0 Å². The van der Waals surface area contributed by atoms with E-state index >= 15 is 0 Å². The average Bonchev–Trinajstić information content (AvgIpc) is 2.87. The maximum absolute atomic E-state index is 12.3. The second-order valence-electron chi connectivity index (χ2n) is 10.5. The molecular weight excluding hydrogens is 476 g/mol. The summed E-state index contributed by atoms with van der Waals surface area (Å²) in [5.41, 5.74) is 7.37. The minimum absolute atomic E-state index is 0.227. The summed E-state index contributed by atoms with van der Waals surface area (Å²) in [5.74, 6) is -0.626. The zero-order valence-corrected chi connectivity index (χ0v) is 22.7. The van der Waals surface area contributed by atoms with Gasteiger partial charge in [-0.25, -0.2) is 14.8 Å². The molecule has 0 radical (unpaired) electrons. The lowest BCUT2D eigenvalue weighted by molar-refractivity contribution is -0.153. The fourth-order valence-corrected chi connectivity index (χ4v) is 4.35. The van der Waals surface area contributed by atoms with Gasteiger partial charge in [-0.3, -0.25) is 4.79 Å². The predicted octanol–water partition coefficient (Wildman–Crippen LogP) is 6.45. The van der Waals surface area contributed by atoms with Crippen molar-refractivity contribution in [2.45, 2.75) is 59.0 Å². The van der Waals surface area contributed by atoms with Crippen LogP contribution in [0.25, 0.3) is 22.3 Å². The van der Waals surface area contributed by atoms with Crippen LogP contribution in [0.1, 0.15) is 59.9 Å². The van der Waals surface area contributed by atoms with E-state index in [1.165, 1.54) is 12.7 Å². The lowest BCUT2D eigenvalue weighted by Gasteiger charge is -2.19. The van der Waals surface area contributed by atoms with E-state index < -0.39 is 11.6 Å². The van der Waals surface area contributed by atoms with Crippen molar-refractivity contribution < 1.29 is 19.1 Å². The number of carbonyl (C=O) groups excluding carboxylic acids is 2. The number of ether oxygens (including phenoxy) is 2. The lowest BCUT2D eigenvalue weighted by atomic mass is 10.0. The molecule has 1 aromatic heterocycles. The topological polar surface area (TPSA) is 78.4 Å². The fourth-order valence-electron chi connectivity index (χ4n) is 4.35. The van der Waals surface area contributed by atoms with Gasteiger partial charge in [-0.05, 0) is 76.3 Å². The van der Waals surface area contributed by atoms with Gasteiger partial charge >= 0.3 is 11.9 Å². The molecule has 0 saturated carbocycles. The van der Waals surface area contributed by atoms with Crippen LogP contribution in [0.2, 0.25) is 0 Å². The third kappa shape index (κ3) is 7.03. The molecule has 0 aliphatic rings. The number of methoxy groups -OCH3 is 1. The zero-order valence-electron chi connectivity index (χ0n) is 22.7. The van der Waals surface area contributed by atoms with Crippen molar-refractivity contribution in [2.75, 3.05) is 7.11 Å². The summed E-state index contributed by atoms with van der Waals surface area (Å²) in [6.07, 6.45) is 2.65. The Morgan fingerprint density at radius 2 is 1.58 bits per heavy atom. The molecule has 6 heteroatoms. The van der Waals surface area contributed by atoms with E-state index in [4.69, 9.17) is 19.4 Å². The largest absolute Gasteiger partial charge is 0.465 e. The number of fused-ring (bicyclic) bond motifs is 1. The second-order valence-corrected chi connectivity index (χ2v) is 10.5. The maximum atomic E-state index is 12.3. The van der Waals surface area contributed by atoms with Crippen molar-refractivity contribution in [3.63, 3.8) is 0 Å². The van der Waals surface area contributed by atoms with Gasteiger partial charge in [-0.1, -0.05) is 54.1 Å². The number of esters is 2. The highest BCUT2D eigenvalue weighted by molar-refractivity contribution is 5.93. The molecule has 38 heavy (non-hydrogen) atoms. The van der Waals surface area contributed by atoms with Crippen molar-refractivity contribution in [3.05, 3.63) is 94.7 Å². The standard InChI is InChI=1S/C32H34N2O4/c1-21-12-14-24(15-13-21)30-27(33-28-20-25(31(36)37-5)16-17-26(28)34-30)11-7-9-22-8-6-10-23(18-22)19-29(35)38-32(2,3)4/h6,8,10,12-18,20H,7,9,11,19H2,1-5H3. The Morgan fingerprint density at radius 3 is 2.29 bits per heavy atom. The third-order valence-corrected chi connectivity index (χ3v) is 6.12. The minimum Gasteiger partial charge on any atom is -0.465 e. The molecule has 0 atom stereocenters. The second kappa shape index (κ2) is 11.5. The molecule has 0 amide bonds. The molecule has 6 nitrogen and oxygen atoms in total. The summed E-state index contributed by atoms with van der Waals surface area (Å²) in [6.45, 7) is 7.68. The molecule has 196 valence electrons. The van der Waals surface area contributed by atoms with Crippen LogP contribution < -0.4 is 0 Å². The number of hydrogen-bond donors (Lipinski definition) is 0. The van der Waals surface area contributed by atoms with Gasteiger partial charge in [0.05, 0.1) is 41.5 Å². The van der Waals surface area contributed by atoms with Crippen molar-refractivity contribution in [3.8, 4) is 11.3 Å². The smallest absolute Gasteiger partial charge is 0.337 e. The third-order valence-electron chi connectivity index (χ3n) is 6.12. The highest BCUT2D eigenvalue weighted by Gasteiger charge is 2.17. The van der Waals surface area contributed by atoms with Gasteiger partial charge in [-0.2, -0.15) is 0 Å². The summed E-state index contributed by atoms with van der Waals surface area (Å²) in [4.78, 5) is 34.2. The number of carbonyl (C=O) groups is 2. The molecule has 0 aliphatic carbocycles. The molecule has 4 rings (SSSR count). The molecule has 1 heterocycles. The molecule has 0 N–H and O–H groups in total. The van der Waals surface area contributed by atoms with Crippen molar-refractivity contribution >= 4 is 23.0 Å². The van der Waals surface area contributed by atoms with Crippen LogP contribution in [0.3, 0.4) is 0 Å². The summed E-state index contributed by atoms with van der Waals surface area (Å²) in [6, 6.07) is 21.6. The van der Waals surface area contributed by atoms with Gasteiger partial charge in [0.25, 0.3) is 0 Å². The maximum Gasteiger partial charge on any atom is 0.337 e. The Labute approximate surface area is 224 Å². The van der Waals surface area contributed by atoms with E-state index in [9.17, 15) is 9.59 Å². The molecule has 0 aliphatic heterocycles. The number of aryl methyl sites for hydroxylation is 3. The van der Waals surface area contributed by atoms with E-state index in [1.807, 2.05) is 39.0 Å². The first kappa shape index (κ1) is 27.0. The SMILES string of the molecule is COC(=O)c1ccc2nc(-c3ccc(C)cc3)c(CCCc3cccc(CC(=O)OC(C)(C)C)c3)nc2c1. The van der Waals surface area contributed by atoms with Crippen molar-refractivity contribution in [1.82, 2.24) is 9.97 Å². The molecule has 0 unspecified atom stereocenters. The molecule has 0 spiro atoms. The molecular formula is C32H34N2O4. The summed E-state index contributed by atoms with van der Waals surface area (Å²) in [7, 11) is 1.37. The van der Waals surface area contributed by atoms with E-state index in [-0.39, 0.29) is 12.4 Å². The number of benzene rings is 3. The quantitative estimate of drug-likeness (QED) is 0.254. The van der Waals surface area contributed by atoms with Crippen LogP contribution in [0.15, 0.2) is 66.7 Å². The van der Waals surface area contributed by atoms with Gasteiger partial charge < -0.3 is 9.47 Å². The first-order chi connectivity index (χ1) is 18.1. The van der Waals surface area contributed by atoms with E-state index in [1.54, 1.807) is 12.1 Å². The first-order valence-corrected chi connectivity index (χ1v) is 12.9. The predicted molar refractivity (Wildman–Crippen MR) is 149 cm³/mol. The van der Waals surface area contributed by atoms with Crippen LogP contribution in [-0.4, -0.2) is 34.6 Å². The van der Waals surface area contributed by atoms with Crippen LogP contribution in [0, 0.1) is 6.92 Å². The molecule has 0 fully saturated rings. The van der Waals surface area contributed by atoms with Crippen LogP contribution >= 0.6 is 0 Å². The number of rotatable bonds is 8. The van der Waals surface area contributed by atoms with Gasteiger partial charge in [0.15, 0.2) is 0 Å². The van der Waals surface area contributed by atoms with E-state index in [0.29, 0.717) is 17.5 Å². The average molecular weight is 511 g/mol. The minimum atomic E-state index is -0.498. The Morgan fingerprint density at radius 1 is 0.842 bits per heavy atom. The number of nitrogens with zero attached hydrogens (tertiary/aromatic N) is 2. The van der Waals surface area contributed by atoms with Crippen molar-refractivity contribution in [1.29, 1.82) is 0 Å². The Bertz CT molecular complexity index is 1450. The molecule has 0 saturated heterocycles. The first-order valence-electron chi connectivity index (χ1n) is 12.9. The van der Waals surface area contributed by atoms with E-state index in [2.05, 4.69) is 43.3 Å². The monoisotopic (exact) mass is 510 g/mol. The van der Waals surface area contributed by atoms with Crippen LogP contribution in [-0.2, 0) is 33.5 Å². The van der Waals surface area contributed by atoms with Crippen LogP contribution in [0.5, 0.6) is 0 Å². The van der Waals surface area contributed by atoms with Crippen molar-refractivity contribution in [2.24, 2.45) is 0 Å². The number of aromatic nitrogens is 2.